The number of rotatable bonds is 10. The quantitative estimate of drug-likeness (QED) is 0.139. The van der Waals surface area contributed by atoms with Crippen LogP contribution >= 0.6 is 0 Å². The molecule has 0 aliphatic rings. The summed E-state index contributed by atoms with van der Waals surface area (Å²) in [6.07, 6.45) is 1.86. The Morgan fingerprint density at radius 2 is 1.26 bits per heavy atom. The Bertz CT molecular complexity index is 3290. The Balaban J connectivity index is 0.00000760. The van der Waals surface area contributed by atoms with Gasteiger partial charge < -0.3 is 5.11 Å². The number of aryl methyl sites for hydroxylation is 1. The van der Waals surface area contributed by atoms with Crippen LogP contribution in [-0.4, -0.2) is 19.6 Å². The van der Waals surface area contributed by atoms with Crippen LogP contribution < -0.4 is 0 Å². The van der Waals surface area contributed by atoms with Gasteiger partial charge in [0.15, 0.2) is 0 Å². The summed E-state index contributed by atoms with van der Waals surface area (Å²) < 4.78 is 38.6. The molecule has 0 aliphatic carbocycles. The summed E-state index contributed by atoms with van der Waals surface area (Å²) in [5.41, 5.74) is 15.4. The molecule has 8 aromatic rings. The summed E-state index contributed by atoms with van der Waals surface area (Å²) in [7, 11) is 0. The Kier molecular flexibility index (Phi) is 12.8. The first kappa shape index (κ1) is 44.9. The van der Waals surface area contributed by atoms with Crippen molar-refractivity contribution in [2.75, 3.05) is 0 Å². The van der Waals surface area contributed by atoms with Crippen LogP contribution in [0.4, 0.5) is 0 Å². The normalized spacial score (nSPS) is 13.4. The molecular formula is C63H70N3OPt-. The average Bonchev–Trinajstić information content (AvgIpc) is 3.69. The van der Waals surface area contributed by atoms with Crippen LogP contribution in [0.25, 0.3) is 72.7 Å². The molecule has 0 fully saturated rings. The summed E-state index contributed by atoms with van der Waals surface area (Å²) in [6.45, 7) is 27.1. The standard InChI is InChI=1S/C63H70N3O.Pt/c1-37(2)45-34-53(40(7)8)60(67)54(35-45)61-65-59-52(20-17-21-57(59)66(61)56-27-24-44(30-41(56)9)58-50(38(3)4)18-16-19-51(58)39(5)6)46-31-47(33-49(32-46)63(13,14)15)55-36-43(28-29-64-55)42-22-25-48(26-23-42)62(10,11)12;/h16-30,32-40,67H,1-15H3;/q-1;/i9D3,38D;. The van der Waals surface area contributed by atoms with Crippen molar-refractivity contribution in [1.82, 2.24) is 14.5 Å². The number of benzene rings is 6. The second-order valence-corrected chi connectivity index (χ2v) is 21.6. The summed E-state index contributed by atoms with van der Waals surface area (Å²) in [5.74, 6) is -0.145. The fourth-order valence-corrected chi connectivity index (χ4v) is 9.25. The largest absolute Gasteiger partial charge is 0.507 e. The van der Waals surface area contributed by atoms with Gasteiger partial charge in [0.25, 0.3) is 0 Å². The number of para-hydroxylation sites is 1. The van der Waals surface area contributed by atoms with Crippen LogP contribution in [0.3, 0.4) is 0 Å². The van der Waals surface area contributed by atoms with Gasteiger partial charge in [0.2, 0.25) is 0 Å². The summed E-state index contributed by atoms with van der Waals surface area (Å²) in [6, 6.07) is 42.9. The van der Waals surface area contributed by atoms with Crippen LogP contribution in [-0.2, 0) is 31.9 Å². The third kappa shape index (κ3) is 9.82. The van der Waals surface area contributed by atoms with Gasteiger partial charge in [0.05, 0.1) is 22.3 Å². The topological polar surface area (TPSA) is 50.9 Å². The molecule has 354 valence electrons. The molecule has 2 aromatic heterocycles. The van der Waals surface area contributed by atoms with Crippen molar-refractivity contribution >= 4 is 11.0 Å². The third-order valence-electron chi connectivity index (χ3n) is 13.3. The van der Waals surface area contributed by atoms with Crippen molar-refractivity contribution in [3.8, 4) is 67.5 Å². The maximum atomic E-state index is 12.4. The first-order valence-electron chi connectivity index (χ1n) is 26.0. The average molecular weight is 1080 g/mol. The molecule has 0 bridgehead atoms. The van der Waals surface area contributed by atoms with E-state index in [1.54, 1.807) is 6.07 Å². The summed E-state index contributed by atoms with van der Waals surface area (Å²) >= 11 is 0. The SMILES string of the molecule is [2H]C([2H])([2H])c1cc(-c2c(C(C)C)cccc2C([2H])(C)C)ccc1-n1c(-c2cc(C(C)C)cc(C(C)C)c2O)nc2c(-c3[c-]c(-c4cc(-c5ccc(C(C)(C)C)cc5)ccn4)cc(C(C)(C)C)c3)cccc21.[Pt]. The Labute approximate surface area is 427 Å². The number of hydrogen-bond donors (Lipinski definition) is 1. The second kappa shape index (κ2) is 19.4. The van der Waals surface area contributed by atoms with E-state index >= 15 is 0 Å². The number of aromatic nitrogens is 3. The Hall–Kier alpha value is -5.57. The molecule has 0 saturated carbocycles. The van der Waals surface area contributed by atoms with Crippen molar-refractivity contribution in [3.05, 3.63) is 166 Å². The van der Waals surface area contributed by atoms with Gasteiger partial charge in [-0.05, 0) is 127 Å². The van der Waals surface area contributed by atoms with Crippen molar-refractivity contribution in [1.29, 1.82) is 0 Å². The molecule has 68 heavy (non-hydrogen) atoms. The van der Waals surface area contributed by atoms with Crippen LogP contribution in [0, 0.1) is 12.9 Å². The first-order valence-corrected chi connectivity index (χ1v) is 24.0. The minimum atomic E-state index is -2.56. The maximum absolute atomic E-state index is 12.4. The molecule has 0 amide bonds. The van der Waals surface area contributed by atoms with Crippen LogP contribution in [0.15, 0.2) is 121 Å². The molecule has 0 unspecified atom stereocenters. The number of imidazole rings is 1. The van der Waals surface area contributed by atoms with Crippen LogP contribution in [0.5, 0.6) is 5.75 Å². The molecule has 0 spiro atoms. The number of nitrogens with zero attached hydrogens (tertiary/aromatic N) is 3. The molecule has 8 rings (SSSR count). The molecule has 0 radical (unpaired) electrons. The van der Waals surface area contributed by atoms with E-state index in [2.05, 4.69) is 150 Å². The molecule has 1 N–H and O–H groups in total. The van der Waals surface area contributed by atoms with E-state index < -0.39 is 12.7 Å². The molecule has 0 saturated heterocycles. The van der Waals surface area contributed by atoms with Gasteiger partial charge in [-0.1, -0.05) is 181 Å². The van der Waals surface area contributed by atoms with Gasteiger partial charge in [-0.25, -0.2) is 4.98 Å². The zero-order valence-corrected chi connectivity index (χ0v) is 44.7. The Morgan fingerprint density at radius 1 is 0.618 bits per heavy atom. The molecule has 5 heteroatoms. The zero-order valence-electron chi connectivity index (χ0n) is 46.4. The molecule has 6 aromatic carbocycles. The number of phenolic OH excluding ortho intramolecular Hbond substituents is 1. The third-order valence-corrected chi connectivity index (χ3v) is 13.3. The smallest absolute Gasteiger partial charge is 0.148 e. The number of aromatic hydroxyl groups is 1. The van der Waals surface area contributed by atoms with Crippen LogP contribution in [0.1, 0.15) is 165 Å². The van der Waals surface area contributed by atoms with E-state index in [4.69, 9.17) is 14.1 Å². The maximum Gasteiger partial charge on any atom is 0.148 e. The van der Waals surface area contributed by atoms with Crippen molar-refractivity contribution < 1.29 is 31.7 Å². The van der Waals surface area contributed by atoms with E-state index in [1.165, 1.54) is 5.56 Å². The van der Waals surface area contributed by atoms with Gasteiger partial charge in [-0.2, -0.15) is 0 Å². The van der Waals surface area contributed by atoms with Crippen molar-refractivity contribution in [2.24, 2.45) is 0 Å². The van der Waals surface area contributed by atoms with Crippen molar-refractivity contribution in [2.45, 2.75) is 138 Å². The molecule has 2 heterocycles. The van der Waals surface area contributed by atoms with Gasteiger partial charge in [0, 0.05) is 38.4 Å². The predicted molar refractivity (Wildman–Crippen MR) is 285 cm³/mol. The second-order valence-electron chi connectivity index (χ2n) is 21.6. The van der Waals surface area contributed by atoms with E-state index in [1.807, 2.05) is 73.1 Å². The van der Waals surface area contributed by atoms with E-state index in [0.29, 0.717) is 28.1 Å². The monoisotopic (exact) mass is 1080 g/mol. The number of fused-ring (bicyclic) bond motifs is 1. The summed E-state index contributed by atoms with van der Waals surface area (Å²) in [4.78, 5) is 10.4. The summed E-state index contributed by atoms with van der Waals surface area (Å²) in [5, 5.41) is 12.4. The molecule has 0 aliphatic heterocycles. The molecular weight excluding hydrogens is 1010 g/mol. The fraction of sp³-hybridized carbons (Fsp3) is 0.333. The number of phenols is 1. The number of pyridine rings is 1. The van der Waals surface area contributed by atoms with Gasteiger partial charge in [-0.3, -0.25) is 9.55 Å². The fourth-order valence-electron chi connectivity index (χ4n) is 9.25. The van der Waals surface area contributed by atoms with Crippen molar-refractivity contribution in [3.63, 3.8) is 0 Å². The van der Waals surface area contributed by atoms with Gasteiger partial charge in [-0.15, -0.1) is 29.3 Å². The minimum absolute atomic E-state index is 0. The minimum Gasteiger partial charge on any atom is -0.507 e. The van der Waals surface area contributed by atoms with E-state index in [0.717, 1.165) is 72.5 Å². The van der Waals surface area contributed by atoms with E-state index in [-0.39, 0.29) is 61.0 Å². The zero-order chi connectivity index (χ0) is 51.7. The Morgan fingerprint density at radius 3 is 1.90 bits per heavy atom. The predicted octanol–water partition coefficient (Wildman–Crippen LogP) is 17.7. The van der Waals surface area contributed by atoms with Crippen LogP contribution in [0.2, 0.25) is 0 Å². The molecule has 0 atom stereocenters. The van der Waals surface area contributed by atoms with Gasteiger partial charge in [0.1, 0.15) is 11.6 Å². The van der Waals surface area contributed by atoms with E-state index in [9.17, 15) is 6.48 Å². The number of hydrogen-bond acceptors (Lipinski definition) is 3. The first-order chi connectivity index (χ1) is 33.1. The molecule has 4 nitrogen and oxygen atoms in total. The van der Waals surface area contributed by atoms with Gasteiger partial charge >= 0.3 is 0 Å².